The van der Waals surface area contributed by atoms with Crippen molar-refractivity contribution in [3.8, 4) is 5.69 Å². The van der Waals surface area contributed by atoms with Crippen LogP contribution < -0.4 is 5.32 Å². The molecule has 0 saturated carbocycles. The minimum absolute atomic E-state index is 0.0816. The molecule has 0 atom stereocenters. The van der Waals surface area contributed by atoms with Crippen LogP contribution in [0.15, 0.2) is 55.0 Å². The molecule has 2 heterocycles. The molecule has 0 fully saturated rings. The van der Waals surface area contributed by atoms with Gasteiger partial charge in [0, 0.05) is 34.7 Å². The zero-order chi connectivity index (χ0) is 14.7. The minimum atomic E-state index is -0.0816. The van der Waals surface area contributed by atoms with Crippen LogP contribution in [-0.4, -0.2) is 15.5 Å². The number of aromatic nitrogens is 2. The Labute approximate surface area is 127 Å². The summed E-state index contributed by atoms with van der Waals surface area (Å²) in [5.41, 5.74) is 1.69. The van der Waals surface area contributed by atoms with Crippen LogP contribution in [0.4, 0.5) is 0 Å². The van der Waals surface area contributed by atoms with Gasteiger partial charge in [0.1, 0.15) is 5.01 Å². The first-order valence-electron chi connectivity index (χ1n) is 6.65. The second kappa shape index (κ2) is 5.93. The maximum absolute atomic E-state index is 12.1. The normalized spacial score (nSPS) is 10.5. The minimum Gasteiger partial charge on any atom is -0.346 e. The van der Waals surface area contributed by atoms with E-state index in [0.717, 1.165) is 15.6 Å². The Balaban J connectivity index is 1.65. The van der Waals surface area contributed by atoms with E-state index < -0.39 is 0 Å². The molecule has 0 spiro atoms. The quantitative estimate of drug-likeness (QED) is 0.804. The standard InChI is InChI=1S/C16H15N3OS/c1-12-10-17-15(21-12)11-18-16(20)13-4-6-14(7-5-13)19-8-2-3-9-19/h2-10H,11H2,1H3,(H,18,20). The van der Waals surface area contributed by atoms with Crippen LogP contribution in [0.5, 0.6) is 0 Å². The fraction of sp³-hybridized carbons (Fsp3) is 0.125. The monoisotopic (exact) mass is 297 g/mol. The number of nitrogens with one attached hydrogen (secondary N) is 1. The Kier molecular flexibility index (Phi) is 3.83. The first kappa shape index (κ1) is 13.6. The van der Waals surface area contributed by atoms with Gasteiger partial charge in [0.25, 0.3) is 5.91 Å². The summed E-state index contributed by atoms with van der Waals surface area (Å²) in [4.78, 5) is 17.5. The number of carbonyl (C=O) groups is 1. The number of benzene rings is 1. The van der Waals surface area contributed by atoms with E-state index in [2.05, 4.69) is 10.3 Å². The third-order valence-corrected chi connectivity index (χ3v) is 4.01. The van der Waals surface area contributed by atoms with E-state index in [9.17, 15) is 4.79 Å². The topological polar surface area (TPSA) is 46.9 Å². The van der Waals surface area contributed by atoms with Crippen LogP contribution in [0.3, 0.4) is 0 Å². The summed E-state index contributed by atoms with van der Waals surface area (Å²) in [7, 11) is 0. The lowest BCUT2D eigenvalue weighted by Crippen LogP contribution is -2.22. The first-order chi connectivity index (χ1) is 10.2. The van der Waals surface area contributed by atoms with Crippen molar-refractivity contribution in [2.24, 2.45) is 0 Å². The van der Waals surface area contributed by atoms with E-state index in [1.807, 2.05) is 66.5 Å². The van der Waals surface area contributed by atoms with Gasteiger partial charge in [0.2, 0.25) is 0 Å². The Hall–Kier alpha value is -2.40. The zero-order valence-electron chi connectivity index (χ0n) is 11.6. The van der Waals surface area contributed by atoms with Crippen LogP contribution in [0.25, 0.3) is 5.69 Å². The maximum atomic E-state index is 12.1. The van der Waals surface area contributed by atoms with Crippen LogP contribution in [-0.2, 0) is 6.54 Å². The van der Waals surface area contributed by atoms with Gasteiger partial charge in [-0.3, -0.25) is 4.79 Å². The van der Waals surface area contributed by atoms with Gasteiger partial charge in [0.05, 0.1) is 6.54 Å². The summed E-state index contributed by atoms with van der Waals surface area (Å²) >= 11 is 1.60. The number of carbonyl (C=O) groups excluding carboxylic acids is 1. The summed E-state index contributed by atoms with van der Waals surface area (Å²) in [6.45, 7) is 2.47. The van der Waals surface area contributed by atoms with Crippen molar-refractivity contribution in [1.29, 1.82) is 0 Å². The maximum Gasteiger partial charge on any atom is 0.251 e. The number of hydrogen-bond donors (Lipinski definition) is 1. The van der Waals surface area contributed by atoms with Crippen molar-refractivity contribution >= 4 is 17.2 Å². The average Bonchev–Trinajstić information content (AvgIpc) is 3.16. The molecule has 0 aliphatic heterocycles. The van der Waals surface area contributed by atoms with Crippen LogP contribution in [0.2, 0.25) is 0 Å². The Bertz CT molecular complexity index is 729. The molecule has 0 bridgehead atoms. The molecule has 1 N–H and O–H groups in total. The summed E-state index contributed by atoms with van der Waals surface area (Å²) in [5, 5.41) is 3.81. The third-order valence-electron chi connectivity index (χ3n) is 3.10. The van der Waals surface area contributed by atoms with E-state index in [1.54, 1.807) is 11.3 Å². The molecule has 0 saturated heterocycles. The highest BCUT2D eigenvalue weighted by atomic mass is 32.1. The summed E-state index contributed by atoms with van der Waals surface area (Å²) < 4.78 is 2.00. The molecule has 0 radical (unpaired) electrons. The largest absolute Gasteiger partial charge is 0.346 e. The number of aryl methyl sites for hydroxylation is 1. The van der Waals surface area contributed by atoms with Crippen molar-refractivity contribution in [2.75, 3.05) is 0 Å². The van der Waals surface area contributed by atoms with Crippen LogP contribution in [0, 0.1) is 6.92 Å². The average molecular weight is 297 g/mol. The second-order valence-corrected chi connectivity index (χ2v) is 6.00. The van der Waals surface area contributed by atoms with Gasteiger partial charge in [-0.15, -0.1) is 11.3 Å². The molecule has 1 amide bonds. The summed E-state index contributed by atoms with van der Waals surface area (Å²) in [5.74, 6) is -0.0816. The van der Waals surface area contributed by atoms with E-state index in [-0.39, 0.29) is 5.91 Å². The lowest BCUT2D eigenvalue weighted by Gasteiger charge is -2.06. The van der Waals surface area contributed by atoms with E-state index >= 15 is 0 Å². The number of rotatable bonds is 4. The predicted molar refractivity (Wildman–Crippen MR) is 83.8 cm³/mol. The SMILES string of the molecule is Cc1cnc(CNC(=O)c2ccc(-n3cccc3)cc2)s1. The van der Waals surface area contributed by atoms with Crippen molar-refractivity contribution in [1.82, 2.24) is 14.9 Å². The van der Waals surface area contributed by atoms with Gasteiger partial charge in [-0.2, -0.15) is 0 Å². The summed E-state index contributed by atoms with van der Waals surface area (Å²) in [6, 6.07) is 11.5. The Morgan fingerprint density at radius 2 is 1.95 bits per heavy atom. The molecular formula is C16H15N3OS. The fourth-order valence-corrected chi connectivity index (χ4v) is 2.76. The van der Waals surface area contributed by atoms with Crippen molar-refractivity contribution in [3.05, 3.63) is 70.4 Å². The molecule has 1 aromatic carbocycles. The molecule has 0 aliphatic rings. The molecule has 106 valence electrons. The molecule has 0 aliphatic carbocycles. The van der Waals surface area contributed by atoms with Crippen LogP contribution in [0.1, 0.15) is 20.2 Å². The number of amides is 1. The molecule has 4 nitrogen and oxygen atoms in total. The molecule has 3 rings (SSSR count). The molecule has 21 heavy (non-hydrogen) atoms. The molecule has 0 unspecified atom stereocenters. The molecule has 3 aromatic rings. The number of thiazole rings is 1. The highest BCUT2D eigenvalue weighted by Gasteiger charge is 2.07. The van der Waals surface area contributed by atoms with Gasteiger partial charge in [0.15, 0.2) is 0 Å². The smallest absolute Gasteiger partial charge is 0.251 e. The number of nitrogens with zero attached hydrogens (tertiary/aromatic N) is 2. The van der Waals surface area contributed by atoms with Gasteiger partial charge in [-0.1, -0.05) is 0 Å². The molecule has 2 aromatic heterocycles. The molecular weight excluding hydrogens is 282 g/mol. The van der Waals surface area contributed by atoms with E-state index in [4.69, 9.17) is 0 Å². The van der Waals surface area contributed by atoms with Crippen molar-refractivity contribution < 1.29 is 4.79 Å². The van der Waals surface area contributed by atoms with Gasteiger partial charge in [-0.05, 0) is 43.3 Å². The van der Waals surface area contributed by atoms with Gasteiger partial charge >= 0.3 is 0 Å². The lowest BCUT2D eigenvalue weighted by molar-refractivity contribution is 0.0951. The van der Waals surface area contributed by atoms with E-state index in [1.165, 1.54) is 0 Å². The third kappa shape index (κ3) is 3.20. The van der Waals surface area contributed by atoms with Crippen LogP contribution >= 0.6 is 11.3 Å². The Morgan fingerprint density at radius 1 is 1.24 bits per heavy atom. The molecule has 5 heteroatoms. The highest BCUT2D eigenvalue weighted by molar-refractivity contribution is 7.11. The fourth-order valence-electron chi connectivity index (χ4n) is 2.03. The van der Waals surface area contributed by atoms with Crippen molar-refractivity contribution in [2.45, 2.75) is 13.5 Å². The Morgan fingerprint density at radius 3 is 2.57 bits per heavy atom. The first-order valence-corrected chi connectivity index (χ1v) is 7.47. The second-order valence-electron chi connectivity index (χ2n) is 4.68. The predicted octanol–water partition coefficient (Wildman–Crippen LogP) is 3.17. The zero-order valence-corrected chi connectivity index (χ0v) is 12.4. The van der Waals surface area contributed by atoms with E-state index in [0.29, 0.717) is 12.1 Å². The summed E-state index contributed by atoms with van der Waals surface area (Å²) in [6.07, 6.45) is 5.76. The van der Waals surface area contributed by atoms with Gasteiger partial charge < -0.3 is 9.88 Å². The highest BCUT2D eigenvalue weighted by Crippen LogP contribution is 2.12. The lowest BCUT2D eigenvalue weighted by atomic mass is 10.2. The van der Waals surface area contributed by atoms with Crippen molar-refractivity contribution in [3.63, 3.8) is 0 Å². The number of hydrogen-bond acceptors (Lipinski definition) is 3. The van der Waals surface area contributed by atoms with Gasteiger partial charge in [-0.25, -0.2) is 4.98 Å².